The number of aliphatic hydroxyl groups is 2. The molecule has 4 nitrogen and oxygen atoms in total. The third-order valence-electron chi connectivity index (χ3n) is 5.40. The maximum atomic E-state index is 12.9. The molecular weight excluding hydrogens is 350 g/mol. The highest BCUT2D eigenvalue weighted by Crippen LogP contribution is 2.37. The molecule has 2 N–H and O–H groups in total. The van der Waals surface area contributed by atoms with Gasteiger partial charge in [-0.1, -0.05) is 63.2 Å². The smallest absolute Gasteiger partial charge is 0.168 e. The fourth-order valence-electron chi connectivity index (χ4n) is 3.92. The third-order valence-corrected chi connectivity index (χ3v) is 5.40. The van der Waals surface area contributed by atoms with Gasteiger partial charge in [0.1, 0.15) is 5.76 Å². The van der Waals surface area contributed by atoms with Crippen molar-refractivity contribution in [2.75, 3.05) is 6.61 Å². The Kier molecular flexibility index (Phi) is 5.99. The van der Waals surface area contributed by atoms with Crippen molar-refractivity contribution in [3.05, 3.63) is 59.4 Å². The van der Waals surface area contributed by atoms with Crippen molar-refractivity contribution in [1.29, 1.82) is 0 Å². The molecule has 2 aromatic rings. The summed E-state index contributed by atoms with van der Waals surface area (Å²) in [5.41, 5.74) is 1.73. The summed E-state index contributed by atoms with van der Waals surface area (Å²) in [6.07, 6.45) is 1.96. The lowest BCUT2D eigenvalue weighted by atomic mass is 9.75. The number of carbonyl (C=O) groups is 1. The zero-order chi connectivity index (χ0) is 20.3. The number of aliphatic hydroxyl groups excluding tert-OH is 2. The number of hydrogen-bond donors (Lipinski definition) is 2. The molecule has 0 fully saturated rings. The van der Waals surface area contributed by atoms with Gasteiger partial charge in [0.05, 0.1) is 23.9 Å². The topological polar surface area (TPSA) is 69.9 Å². The van der Waals surface area contributed by atoms with Crippen molar-refractivity contribution >= 4 is 22.3 Å². The minimum Gasteiger partial charge on any atom is -0.511 e. The summed E-state index contributed by atoms with van der Waals surface area (Å²) in [7, 11) is 0. The van der Waals surface area contributed by atoms with Crippen LogP contribution in [-0.4, -0.2) is 34.4 Å². The molecule has 28 heavy (non-hydrogen) atoms. The quantitative estimate of drug-likeness (QED) is 0.709. The molecule has 0 spiro atoms. The number of rotatable bonds is 6. The first-order chi connectivity index (χ1) is 13.3. The average molecular weight is 380 g/mol. The molecule has 0 aromatic heterocycles. The van der Waals surface area contributed by atoms with E-state index in [-0.39, 0.29) is 29.6 Å². The predicted octanol–water partition coefficient (Wildman–Crippen LogP) is 4.80. The van der Waals surface area contributed by atoms with E-state index in [0.717, 1.165) is 16.3 Å². The Bertz CT molecular complexity index is 931. The fourth-order valence-corrected chi connectivity index (χ4v) is 3.92. The number of benzene rings is 2. The molecule has 3 rings (SSSR count). The minimum atomic E-state index is -0.284. The van der Waals surface area contributed by atoms with Gasteiger partial charge in [0, 0.05) is 19.3 Å². The van der Waals surface area contributed by atoms with Crippen LogP contribution in [0.25, 0.3) is 10.8 Å². The van der Waals surface area contributed by atoms with E-state index >= 15 is 0 Å². The van der Waals surface area contributed by atoms with E-state index in [4.69, 9.17) is 4.99 Å². The Morgan fingerprint density at radius 3 is 2.54 bits per heavy atom. The molecule has 0 bridgehead atoms. The maximum Gasteiger partial charge on any atom is 0.168 e. The number of carbonyl (C=O) groups excluding carboxylic acids is 1. The molecule has 0 aliphatic heterocycles. The molecule has 0 amide bonds. The number of fused-ring (bicyclic) bond motifs is 1. The van der Waals surface area contributed by atoms with E-state index in [1.165, 1.54) is 0 Å². The van der Waals surface area contributed by atoms with Crippen molar-refractivity contribution in [3.8, 4) is 0 Å². The standard InChI is InChI=1S/C24H29NO3/c1-4-18(15-26)25-20(23-21(27)13-24(2,3)14-22(23)28)12-17-10-7-9-16-8-5-6-11-19(16)17/h5-11,18,26-27H,4,12-15H2,1-3H3/t18-/m1/s1. The predicted molar refractivity (Wildman–Crippen MR) is 114 cm³/mol. The van der Waals surface area contributed by atoms with Gasteiger partial charge in [0.15, 0.2) is 5.78 Å². The molecule has 0 saturated carbocycles. The largest absolute Gasteiger partial charge is 0.511 e. The van der Waals surface area contributed by atoms with Crippen LogP contribution in [0.5, 0.6) is 0 Å². The minimum absolute atomic E-state index is 0.0690. The molecule has 4 heteroatoms. The molecule has 0 saturated heterocycles. The highest BCUT2D eigenvalue weighted by Gasteiger charge is 2.35. The van der Waals surface area contributed by atoms with Gasteiger partial charge >= 0.3 is 0 Å². The van der Waals surface area contributed by atoms with Gasteiger partial charge in [-0.05, 0) is 28.2 Å². The highest BCUT2D eigenvalue weighted by atomic mass is 16.3. The van der Waals surface area contributed by atoms with Gasteiger partial charge in [-0.15, -0.1) is 0 Å². The van der Waals surface area contributed by atoms with E-state index < -0.39 is 0 Å². The van der Waals surface area contributed by atoms with Crippen molar-refractivity contribution in [2.45, 2.75) is 52.5 Å². The van der Waals surface area contributed by atoms with Crippen LogP contribution in [0.15, 0.2) is 58.8 Å². The molecule has 1 atom stereocenters. The maximum absolute atomic E-state index is 12.9. The zero-order valence-corrected chi connectivity index (χ0v) is 16.9. The number of hydrogen-bond acceptors (Lipinski definition) is 4. The molecule has 0 unspecified atom stereocenters. The summed E-state index contributed by atoms with van der Waals surface area (Å²) in [6, 6.07) is 13.9. The number of aliphatic imine (C=N–C) groups is 1. The van der Waals surface area contributed by atoms with E-state index in [2.05, 4.69) is 18.2 Å². The van der Waals surface area contributed by atoms with Crippen molar-refractivity contribution in [3.63, 3.8) is 0 Å². The van der Waals surface area contributed by atoms with Crippen LogP contribution >= 0.6 is 0 Å². The van der Waals surface area contributed by atoms with Crippen LogP contribution < -0.4 is 0 Å². The Hall–Kier alpha value is -2.46. The van der Waals surface area contributed by atoms with Gasteiger partial charge in [0.2, 0.25) is 0 Å². The second-order valence-electron chi connectivity index (χ2n) is 8.40. The summed E-state index contributed by atoms with van der Waals surface area (Å²) >= 11 is 0. The molecular formula is C24H29NO3. The third kappa shape index (κ3) is 4.33. The Morgan fingerprint density at radius 2 is 1.86 bits per heavy atom. The normalized spacial score (nSPS) is 18.6. The Balaban J connectivity index is 2.09. The highest BCUT2D eigenvalue weighted by molar-refractivity contribution is 6.24. The molecule has 1 aliphatic carbocycles. The summed E-state index contributed by atoms with van der Waals surface area (Å²) < 4.78 is 0. The molecule has 148 valence electrons. The number of Topliss-reactive ketones (excluding diaryl/α,β-unsaturated/α-hetero) is 1. The van der Waals surface area contributed by atoms with Crippen LogP contribution in [0, 0.1) is 5.41 Å². The summed E-state index contributed by atoms with van der Waals surface area (Å²) in [6.45, 7) is 5.85. The van der Waals surface area contributed by atoms with Crippen molar-refractivity contribution in [1.82, 2.24) is 0 Å². The first kappa shape index (κ1) is 20.3. The van der Waals surface area contributed by atoms with Crippen LogP contribution in [0.3, 0.4) is 0 Å². The number of allylic oxidation sites excluding steroid dienone is 2. The van der Waals surface area contributed by atoms with E-state index in [1.807, 2.05) is 45.0 Å². The first-order valence-electron chi connectivity index (χ1n) is 9.94. The number of nitrogens with zero attached hydrogens (tertiary/aromatic N) is 1. The first-order valence-corrected chi connectivity index (χ1v) is 9.94. The Labute approximate surface area is 166 Å². The van der Waals surface area contributed by atoms with Crippen LogP contribution in [0.1, 0.15) is 45.6 Å². The SMILES string of the molecule is CC[C@H](CO)N=C(Cc1cccc2ccccc12)C1=C(O)CC(C)(C)CC1=O. The summed E-state index contributed by atoms with van der Waals surface area (Å²) in [4.78, 5) is 17.6. The van der Waals surface area contributed by atoms with Crippen LogP contribution in [0.4, 0.5) is 0 Å². The van der Waals surface area contributed by atoms with Crippen LogP contribution in [-0.2, 0) is 11.2 Å². The van der Waals surface area contributed by atoms with Crippen molar-refractivity contribution in [2.24, 2.45) is 10.4 Å². The molecule has 0 radical (unpaired) electrons. The molecule has 0 heterocycles. The lowest BCUT2D eigenvalue weighted by Crippen LogP contribution is -2.31. The zero-order valence-electron chi connectivity index (χ0n) is 16.9. The second-order valence-corrected chi connectivity index (χ2v) is 8.40. The van der Waals surface area contributed by atoms with Gasteiger partial charge in [0.25, 0.3) is 0 Å². The molecule has 2 aromatic carbocycles. The van der Waals surface area contributed by atoms with Gasteiger partial charge < -0.3 is 10.2 Å². The lowest BCUT2D eigenvalue weighted by molar-refractivity contribution is -0.117. The second kappa shape index (κ2) is 8.27. The van der Waals surface area contributed by atoms with Gasteiger partial charge in [-0.3, -0.25) is 9.79 Å². The van der Waals surface area contributed by atoms with Crippen molar-refractivity contribution < 1.29 is 15.0 Å². The fraction of sp³-hybridized carbons (Fsp3) is 0.417. The number of ketones is 1. The summed E-state index contributed by atoms with van der Waals surface area (Å²) in [5.74, 6) is 0.0496. The lowest BCUT2D eigenvalue weighted by Gasteiger charge is -2.30. The average Bonchev–Trinajstić information content (AvgIpc) is 2.64. The Morgan fingerprint density at radius 1 is 1.14 bits per heavy atom. The van der Waals surface area contributed by atoms with Gasteiger partial charge in [-0.25, -0.2) is 0 Å². The summed E-state index contributed by atoms with van der Waals surface area (Å²) in [5, 5.41) is 22.6. The monoisotopic (exact) mass is 379 g/mol. The van der Waals surface area contributed by atoms with E-state index in [9.17, 15) is 15.0 Å². The van der Waals surface area contributed by atoms with Gasteiger partial charge in [-0.2, -0.15) is 0 Å². The molecule has 1 aliphatic rings. The van der Waals surface area contributed by atoms with Crippen LogP contribution in [0.2, 0.25) is 0 Å². The van der Waals surface area contributed by atoms with E-state index in [1.54, 1.807) is 0 Å². The van der Waals surface area contributed by atoms with E-state index in [0.29, 0.717) is 37.0 Å².